The largest absolute Gasteiger partial charge is 0.508 e. The number of nitrogens with zero attached hydrogens (tertiary/aromatic N) is 3. The average Bonchev–Trinajstić information content (AvgIpc) is 3.17. The number of hydrazone groups is 1. The Hall–Kier alpha value is -3.07. The molecule has 0 fully saturated rings. The Morgan fingerprint density at radius 1 is 1.41 bits per heavy atom. The highest BCUT2D eigenvalue weighted by Gasteiger charge is 2.35. The molecule has 0 spiro atoms. The average molecular weight is 295 g/mol. The van der Waals surface area contributed by atoms with E-state index in [4.69, 9.17) is 9.68 Å². The van der Waals surface area contributed by atoms with E-state index in [-0.39, 0.29) is 12.2 Å². The van der Waals surface area contributed by atoms with Gasteiger partial charge in [0, 0.05) is 12.0 Å². The summed E-state index contributed by atoms with van der Waals surface area (Å²) in [5.41, 5.74) is 1.21. The zero-order valence-corrected chi connectivity index (χ0v) is 11.6. The van der Waals surface area contributed by atoms with Crippen molar-refractivity contribution in [3.8, 4) is 11.8 Å². The van der Waals surface area contributed by atoms with E-state index in [9.17, 15) is 9.90 Å². The van der Waals surface area contributed by atoms with Gasteiger partial charge in [-0.1, -0.05) is 18.2 Å². The number of rotatable bonds is 3. The first-order valence-corrected chi connectivity index (χ1v) is 6.79. The molecule has 1 aliphatic rings. The van der Waals surface area contributed by atoms with Gasteiger partial charge in [0.2, 0.25) is 0 Å². The third kappa shape index (κ3) is 2.44. The summed E-state index contributed by atoms with van der Waals surface area (Å²) in [6.45, 7) is 0. The number of benzene rings is 1. The first-order valence-electron chi connectivity index (χ1n) is 6.79. The van der Waals surface area contributed by atoms with Gasteiger partial charge in [-0.05, 0) is 18.2 Å². The van der Waals surface area contributed by atoms with Gasteiger partial charge in [-0.15, -0.1) is 0 Å². The molecule has 0 saturated heterocycles. The summed E-state index contributed by atoms with van der Waals surface area (Å²) >= 11 is 0. The number of carbonyl (C=O) groups excluding carboxylic acids is 1. The topological polar surface area (TPSA) is 89.8 Å². The van der Waals surface area contributed by atoms with Crippen LogP contribution in [0.2, 0.25) is 0 Å². The highest BCUT2D eigenvalue weighted by atomic mass is 16.3. The summed E-state index contributed by atoms with van der Waals surface area (Å²) in [6.07, 6.45) is 1.69. The van der Waals surface area contributed by atoms with E-state index in [1.165, 1.54) is 11.3 Å². The molecule has 1 atom stereocenters. The van der Waals surface area contributed by atoms with Crippen LogP contribution in [0.3, 0.4) is 0 Å². The van der Waals surface area contributed by atoms with E-state index < -0.39 is 11.9 Å². The van der Waals surface area contributed by atoms with Gasteiger partial charge in [0.05, 0.1) is 18.4 Å². The van der Waals surface area contributed by atoms with Crippen LogP contribution < -0.4 is 0 Å². The molecule has 110 valence electrons. The van der Waals surface area contributed by atoms with Crippen molar-refractivity contribution >= 4 is 11.6 Å². The number of aromatic hydroxyl groups is 1. The predicted octanol–water partition coefficient (Wildman–Crippen LogP) is 2.58. The second-order valence-corrected chi connectivity index (χ2v) is 4.88. The first-order chi connectivity index (χ1) is 10.7. The van der Waals surface area contributed by atoms with Crippen molar-refractivity contribution in [3.63, 3.8) is 0 Å². The fourth-order valence-corrected chi connectivity index (χ4v) is 2.49. The number of phenolic OH excluding ortho intramolecular Hbond substituents is 1. The van der Waals surface area contributed by atoms with E-state index in [1.807, 2.05) is 6.07 Å². The van der Waals surface area contributed by atoms with Gasteiger partial charge in [-0.3, -0.25) is 4.79 Å². The number of phenols is 1. The minimum atomic E-state index is -0.442. The Kier molecular flexibility index (Phi) is 3.62. The van der Waals surface area contributed by atoms with Crippen LogP contribution in [0.25, 0.3) is 0 Å². The van der Waals surface area contributed by atoms with Crippen LogP contribution in [0.5, 0.6) is 5.75 Å². The van der Waals surface area contributed by atoms with Crippen LogP contribution in [0.15, 0.2) is 52.2 Å². The molecule has 0 aliphatic carbocycles. The Bertz CT molecular complexity index is 759. The molecule has 1 aromatic carbocycles. The van der Waals surface area contributed by atoms with Crippen LogP contribution in [-0.4, -0.2) is 21.7 Å². The van der Waals surface area contributed by atoms with E-state index in [0.717, 1.165) is 0 Å². The van der Waals surface area contributed by atoms with Crippen molar-refractivity contribution in [2.24, 2.45) is 5.10 Å². The van der Waals surface area contributed by atoms with Crippen molar-refractivity contribution in [3.05, 3.63) is 54.0 Å². The number of para-hydroxylation sites is 1. The Balaban J connectivity index is 1.98. The maximum atomic E-state index is 12.1. The van der Waals surface area contributed by atoms with Gasteiger partial charge in [0.15, 0.2) is 0 Å². The Morgan fingerprint density at radius 3 is 2.91 bits per heavy atom. The maximum Gasteiger partial charge on any atom is 0.257 e. The summed E-state index contributed by atoms with van der Waals surface area (Å²) in [4.78, 5) is 12.1. The third-order valence-electron chi connectivity index (χ3n) is 3.50. The van der Waals surface area contributed by atoms with Gasteiger partial charge in [0.1, 0.15) is 23.6 Å². The molecule has 0 radical (unpaired) electrons. The molecule has 0 bridgehead atoms. The fraction of sp³-hybridized carbons (Fsp3) is 0.188. The minimum absolute atomic E-state index is 0.0955. The molecule has 1 aromatic heterocycles. The van der Waals surface area contributed by atoms with Crippen molar-refractivity contribution < 1.29 is 14.3 Å². The second-order valence-electron chi connectivity index (χ2n) is 4.88. The number of nitriles is 1. The smallest absolute Gasteiger partial charge is 0.257 e. The monoisotopic (exact) mass is 295 g/mol. The molecule has 2 aromatic rings. The lowest BCUT2D eigenvalue weighted by Crippen LogP contribution is -2.26. The molecule has 22 heavy (non-hydrogen) atoms. The summed E-state index contributed by atoms with van der Waals surface area (Å²) in [5.74, 6) is 0.267. The molecule has 6 nitrogen and oxygen atoms in total. The lowest BCUT2D eigenvalue weighted by Gasteiger charge is -2.21. The van der Waals surface area contributed by atoms with E-state index in [0.29, 0.717) is 23.5 Å². The molecule has 1 amide bonds. The molecule has 6 heteroatoms. The number of amides is 1. The van der Waals surface area contributed by atoms with Crippen LogP contribution in [0, 0.1) is 11.3 Å². The van der Waals surface area contributed by atoms with Crippen molar-refractivity contribution in [2.45, 2.75) is 18.9 Å². The SMILES string of the molecule is N#CCC(=O)N1N=C(c2ccco2)C[C@H]1c1ccccc1O. The number of hydrogen-bond acceptors (Lipinski definition) is 5. The van der Waals surface area contributed by atoms with Crippen molar-refractivity contribution in [1.29, 1.82) is 5.26 Å². The number of furan rings is 1. The van der Waals surface area contributed by atoms with Crippen LogP contribution in [0.1, 0.15) is 30.2 Å². The summed E-state index contributed by atoms with van der Waals surface area (Å²) < 4.78 is 5.32. The van der Waals surface area contributed by atoms with Gasteiger partial charge in [0.25, 0.3) is 5.91 Å². The summed E-state index contributed by atoms with van der Waals surface area (Å²) in [6, 6.07) is 11.7. The quantitative estimate of drug-likeness (QED) is 0.942. The first kappa shape index (κ1) is 13.9. The van der Waals surface area contributed by atoms with E-state index in [2.05, 4.69) is 5.10 Å². The molecule has 0 saturated carbocycles. The second kappa shape index (κ2) is 5.74. The minimum Gasteiger partial charge on any atom is -0.508 e. The molecule has 3 rings (SSSR count). The van der Waals surface area contributed by atoms with E-state index in [1.54, 1.807) is 36.4 Å². The normalized spacial score (nSPS) is 17.1. The molecule has 0 unspecified atom stereocenters. The zero-order chi connectivity index (χ0) is 15.5. The number of hydrogen-bond donors (Lipinski definition) is 1. The van der Waals surface area contributed by atoms with Crippen LogP contribution in [0.4, 0.5) is 0 Å². The molecular weight excluding hydrogens is 282 g/mol. The molecule has 2 heterocycles. The standard InChI is InChI=1S/C16H13N3O3/c17-8-7-16(21)19-13(11-4-1-2-5-14(11)20)10-12(18-19)15-6-3-9-22-15/h1-6,9,13,20H,7,10H2/t13-/m0/s1. The highest BCUT2D eigenvalue weighted by molar-refractivity contribution is 6.01. The maximum absolute atomic E-state index is 12.1. The summed E-state index contributed by atoms with van der Waals surface area (Å²) in [7, 11) is 0. The van der Waals surface area contributed by atoms with Crippen LogP contribution >= 0.6 is 0 Å². The highest BCUT2D eigenvalue weighted by Crippen LogP contribution is 2.37. The zero-order valence-electron chi connectivity index (χ0n) is 11.6. The lowest BCUT2D eigenvalue weighted by atomic mass is 10.00. The van der Waals surface area contributed by atoms with E-state index >= 15 is 0 Å². The predicted molar refractivity (Wildman–Crippen MR) is 77.8 cm³/mol. The fourth-order valence-electron chi connectivity index (χ4n) is 2.49. The Morgan fingerprint density at radius 2 is 2.23 bits per heavy atom. The van der Waals surface area contributed by atoms with Crippen molar-refractivity contribution in [2.75, 3.05) is 0 Å². The van der Waals surface area contributed by atoms with Crippen molar-refractivity contribution in [1.82, 2.24) is 5.01 Å². The lowest BCUT2D eigenvalue weighted by molar-refractivity contribution is -0.131. The Labute approximate surface area is 126 Å². The molecular formula is C16H13N3O3. The van der Waals surface area contributed by atoms with Gasteiger partial charge < -0.3 is 9.52 Å². The molecule has 1 aliphatic heterocycles. The van der Waals surface area contributed by atoms with Gasteiger partial charge >= 0.3 is 0 Å². The number of carbonyl (C=O) groups is 1. The third-order valence-corrected chi connectivity index (χ3v) is 3.50. The van der Waals surface area contributed by atoms with Gasteiger partial charge in [-0.25, -0.2) is 5.01 Å². The van der Waals surface area contributed by atoms with Gasteiger partial charge in [-0.2, -0.15) is 10.4 Å². The summed E-state index contributed by atoms with van der Waals surface area (Å²) in [5, 5.41) is 24.3. The molecule has 1 N–H and O–H groups in total. The van der Waals surface area contributed by atoms with Crippen LogP contribution in [-0.2, 0) is 4.79 Å².